The van der Waals surface area contributed by atoms with Crippen LogP contribution in [0.15, 0.2) is 368 Å². The Morgan fingerprint density at radius 3 is 0.782 bits per heavy atom. The first-order chi connectivity index (χ1) is 42.1. The Balaban J connectivity index is 0.000000162. The van der Waals surface area contributed by atoms with Crippen molar-refractivity contribution in [1.82, 2.24) is 0 Å². The Hall–Kier alpha value is -10.7. The maximum absolute atomic E-state index is 3.51. The fraction of sp³-hybridized carbons (Fsp3) is 0.0244. The van der Waals surface area contributed by atoms with Gasteiger partial charge in [0.05, 0.1) is 11.4 Å². The van der Waals surface area contributed by atoms with Crippen molar-refractivity contribution < 1.29 is 0 Å². The highest BCUT2D eigenvalue weighted by Crippen LogP contribution is 2.42. The minimum atomic E-state index is 0. The lowest BCUT2D eigenvalue weighted by atomic mass is 10.0. The van der Waals surface area contributed by atoms with Gasteiger partial charge in [-0.2, -0.15) is 0 Å². The van der Waals surface area contributed by atoms with Crippen LogP contribution in [0.3, 0.4) is 0 Å². The fourth-order valence-electron chi connectivity index (χ4n) is 10.7. The summed E-state index contributed by atoms with van der Waals surface area (Å²) in [6.07, 6.45) is 0. The zero-order valence-corrected chi connectivity index (χ0v) is 48.4. The van der Waals surface area contributed by atoms with Gasteiger partial charge in [-0.15, -0.1) is 0 Å². The third-order valence-corrected chi connectivity index (χ3v) is 15.3. The molecular weight excluding hydrogens is 1120 g/mol. The molecule has 0 radical (unpaired) electrons. The predicted molar refractivity (Wildman–Crippen MR) is 380 cm³/mol. The van der Waals surface area contributed by atoms with Crippen molar-refractivity contribution in [3.05, 3.63) is 368 Å². The summed E-state index contributed by atoms with van der Waals surface area (Å²) < 4.78 is 1.09. The molecule has 5 heteroatoms. The van der Waals surface area contributed by atoms with E-state index in [0.717, 1.165) is 55.7 Å². The van der Waals surface area contributed by atoms with Crippen molar-refractivity contribution in [2.45, 2.75) is 14.9 Å². The van der Waals surface area contributed by atoms with Gasteiger partial charge < -0.3 is 20.0 Å². The van der Waals surface area contributed by atoms with E-state index in [-0.39, 0.29) is 14.9 Å². The molecule has 0 saturated heterocycles. The van der Waals surface area contributed by atoms with E-state index >= 15 is 0 Å². The average molecular weight is 1190 g/mol. The molecular formula is C82H69BrN4. The van der Waals surface area contributed by atoms with E-state index in [9.17, 15) is 0 Å². The van der Waals surface area contributed by atoms with E-state index in [1.165, 1.54) is 55.2 Å². The molecule has 0 aliphatic rings. The second-order valence-corrected chi connectivity index (χ2v) is 21.3. The molecule has 0 spiro atoms. The second kappa shape index (κ2) is 29.2. The fourth-order valence-corrected chi connectivity index (χ4v) is 10.9. The third kappa shape index (κ3) is 14.4. The summed E-state index contributed by atoms with van der Waals surface area (Å²) in [5, 5.41) is 8.24. The Labute approximate surface area is 522 Å². The first kappa shape index (κ1) is 59.4. The van der Waals surface area contributed by atoms with Gasteiger partial charge in [-0.05, 0) is 166 Å². The van der Waals surface area contributed by atoms with Gasteiger partial charge in [-0.3, -0.25) is 0 Å². The lowest BCUT2D eigenvalue weighted by Gasteiger charge is -2.27. The van der Waals surface area contributed by atoms with Gasteiger partial charge in [0.25, 0.3) is 0 Å². The van der Waals surface area contributed by atoms with E-state index in [2.05, 4.69) is 339 Å². The Morgan fingerprint density at radius 1 is 0.207 bits per heavy atom. The van der Waals surface area contributed by atoms with Crippen LogP contribution in [0, 0.1) is 0 Å². The van der Waals surface area contributed by atoms with Crippen molar-refractivity contribution >= 4 is 100 Å². The number of rotatable bonds is 13. The largest absolute Gasteiger partial charge is 0.356 e. The number of hydrogen-bond acceptors (Lipinski definition) is 4. The summed E-state index contributed by atoms with van der Waals surface area (Å²) in [7, 11) is 0. The smallest absolute Gasteiger partial charge is 0.0540 e. The van der Waals surface area contributed by atoms with Gasteiger partial charge in [0.1, 0.15) is 0 Å². The Morgan fingerprint density at radius 2 is 0.448 bits per heavy atom. The number of nitrogens with one attached hydrogen (secondary N) is 1. The average Bonchev–Trinajstić information content (AvgIpc) is 2.71. The van der Waals surface area contributed by atoms with Gasteiger partial charge in [0.2, 0.25) is 0 Å². The quantitative estimate of drug-likeness (QED) is 0.124. The molecule has 14 aromatic rings. The molecule has 0 bridgehead atoms. The van der Waals surface area contributed by atoms with E-state index in [4.69, 9.17) is 0 Å². The number of halogens is 1. The molecule has 87 heavy (non-hydrogen) atoms. The topological polar surface area (TPSA) is 21.8 Å². The maximum Gasteiger partial charge on any atom is 0.0540 e. The van der Waals surface area contributed by atoms with Gasteiger partial charge in [0.15, 0.2) is 0 Å². The first-order valence-corrected chi connectivity index (χ1v) is 29.4. The van der Waals surface area contributed by atoms with E-state index in [0.29, 0.717) is 0 Å². The minimum absolute atomic E-state index is 0. The number of nitrogens with zero attached hydrogens (tertiary/aromatic N) is 3. The Kier molecular flexibility index (Phi) is 19.9. The first-order valence-electron chi connectivity index (χ1n) is 28.6. The molecule has 0 saturated carbocycles. The molecule has 0 fully saturated rings. The van der Waals surface area contributed by atoms with E-state index in [1.54, 1.807) is 0 Å². The number of hydrogen-bond donors (Lipinski definition) is 1. The normalized spacial score (nSPS) is 10.4. The summed E-state index contributed by atoms with van der Waals surface area (Å²) in [5.74, 6) is 0. The lowest BCUT2D eigenvalue weighted by molar-refractivity contribution is 1.28. The van der Waals surface area contributed by atoms with Crippen LogP contribution in [0.2, 0.25) is 0 Å². The number of para-hydroxylation sites is 6. The van der Waals surface area contributed by atoms with Gasteiger partial charge in [-0.25, -0.2) is 0 Å². The third-order valence-electron chi connectivity index (χ3n) is 14.8. The van der Waals surface area contributed by atoms with Crippen molar-refractivity contribution in [2.75, 3.05) is 20.0 Å². The molecule has 0 amide bonds. The molecule has 0 heterocycles. The van der Waals surface area contributed by atoms with Gasteiger partial charge >= 0.3 is 0 Å². The summed E-state index contributed by atoms with van der Waals surface area (Å²) >= 11 is 3.51. The van der Waals surface area contributed by atoms with Gasteiger partial charge in [-0.1, -0.05) is 261 Å². The second-order valence-electron chi connectivity index (χ2n) is 20.3. The molecule has 0 aliphatic carbocycles. The van der Waals surface area contributed by atoms with Crippen LogP contribution in [0.1, 0.15) is 14.9 Å². The van der Waals surface area contributed by atoms with Crippen LogP contribution in [-0.2, 0) is 0 Å². The molecule has 0 unspecified atom stereocenters. The number of anilines is 11. The molecule has 0 aromatic heterocycles. The van der Waals surface area contributed by atoms with Crippen LogP contribution in [0.5, 0.6) is 0 Å². The Bertz CT molecular complexity index is 4250. The van der Waals surface area contributed by atoms with Crippen molar-refractivity contribution in [1.29, 1.82) is 0 Å². The van der Waals surface area contributed by atoms with Crippen LogP contribution in [-0.4, -0.2) is 0 Å². The minimum Gasteiger partial charge on any atom is -0.356 e. The standard InChI is InChI=1S/C40H30N2.C28H20BrN.C12H11N.2CH4/c1-4-15-34(16-5-1)41(35-17-6-2-7-18-35)37-27-23-31(24-28-37)32-25-29-38(30-26-32)42(36-19-8-3-9-20-36)40-22-12-14-33-13-10-11-21-39(33)40;29-24-17-13-21(14-18-24)22-15-19-26(20-16-22)30(25-9-2-1-3-10-25)28-12-6-8-23-7-4-5-11-27(23)28;1-3-7-11(8-4-1)13-12-9-5-2-6-10-12;;/h1-30H;1-20H;1-10,13H;2*1H4. The predicted octanol–water partition coefficient (Wildman–Crippen LogP) is 24.9. The highest BCUT2D eigenvalue weighted by Gasteiger charge is 2.18. The zero-order chi connectivity index (χ0) is 57.4. The highest BCUT2D eigenvalue weighted by molar-refractivity contribution is 9.10. The van der Waals surface area contributed by atoms with Crippen molar-refractivity contribution in [2.24, 2.45) is 0 Å². The summed E-state index contributed by atoms with van der Waals surface area (Å²) in [4.78, 5) is 6.95. The van der Waals surface area contributed by atoms with Crippen LogP contribution < -0.4 is 20.0 Å². The summed E-state index contributed by atoms with van der Waals surface area (Å²) in [5.41, 5.74) is 17.3. The van der Waals surface area contributed by atoms with E-state index in [1.807, 2.05) is 60.7 Å². The van der Waals surface area contributed by atoms with Gasteiger partial charge in [0, 0.05) is 66.4 Å². The highest BCUT2D eigenvalue weighted by atomic mass is 79.9. The van der Waals surface area contributed by atoms with Crippen LogP contribution in [0.25, 0.3) is 43.8 Å². The summed E-state index contributed by atoms with van der Waals surface area (Å²) in [6.45, 7) is 0. The van der Waals surface area contributed by atoms with Crippen molar-refractivity contribution in [3.63, 3.8) is 0 Å². The number of fused-ring (bicyclic) bond motifs is 2. The van der Waals surface area contributed by atoms with E-state index < -0.39 is 0 Å². The molecule has 0 aliphatic heterocycles. The molecule has 1 N–H and O–H groups in total. The van der Waals surface area contributed by atoms with Crippen LogP contribution >= 0.6 is 15.9 Å². The number of benzene rings is 14. The molecule has 0 atom stereocenters. The SMILES string of the molecule is Brc1ccc(-c2ccc(N(c3ccccc3)c3cccc4ccccc34)cc2)cc1.C.C.c1ccc(N(c2ccccc2)c2ccc(-c3ccc(N(c4ccccc4)c4cccc5ccccc45)cc3)cc2)cc1.c1ccc(Nc2ccccc2)cc1. The lowest BCUT2D eigenvalue weighted by Crippen LogP contribution is -2.10. The molecule has 424 valence electrons. The molecule has 14 aromatic carbocycles. The monoisotopic (exact) mass is 1190 g/mol. The summed E-state index contributed by atoms with van der Waals surface area (Å²) in [6, 6.07) is 127. The van der Waals surface area contributed by atoms with Crippen molar-refractivity contribution in [3.8, 4) is 22.3 Å². The molecule has 14 rings (SSSR count). The van der Waals surface area contributed by atoms with Crippen LogP contribution in [0.4, 0.5) is 62.6 Å². The zero-order valence-electron chi connectivity index (χ0n) is 46.9. The maximum atomic E-state index is 3.51. The molecule has 4 nitrogen and oxygen atoms in total.